The lowest BCUT2D eigenvalue weighted by atomic mass is 9.68. The number of rotatable bonds is 6. The van der Waals surface area contributed by atoms with Gasteiger partial charge >= 0.3 is 0 Å². The maximum Gasteiger partial charge on any atom is 0.164 e. The average Bonchev–Trinajstić information content (AvgIpc) is 3.57. The Hall–Kier alpha value is -7.49. The molecule has 11 rings (SSSR count). The Labute approximate surface area is 344 Å². The number of hydrogen-bond acceptors (Lipinski definition) is 3. The normalized spacial score (nSPS) is 16.5. The topological polar surface area (TPSA) is 38.7 Å². The van der Waals surface area contributed by atoms with Crippen LogP contribution in [-0.4, -0.2) is 15.0 Å². The van der Waals surface area contributed by atoms with E-state index in [2.05, 4.69) is 190 Å². The summed E-state index contributed by atoms with van der Waals surface area (Å²) in [7, 11) is 0. The van der Waals surface area contributed by atoms with Crippen LogP contribution in [0.4, 0.5) is 0 Å². The van der Waals surface area contributed by atoms with Crippen molar-refractivity contribution < 1.29 is 0 Å². The molecule has 8 aromatic rings. The van der Waals surface area contributed by atoms with Gasteiger partial charge < -0.3 is 0 Å². The SMILES string of the molecule is C=CC1=C(/C=C\C)c2ccc(-c3ccccc3-c3nc(C4=CCC=CC=C4)nc(-c4ccccc4)n3)cc2C12c1ccccc1-c1c2c2ccccc2c2ccccc12. The zero-order chi connectivity index (χ0) is 39.5. The van der Waals surface area contributed by atoms with Gasteiger partial charge in [-0.3, -0.25) is 0 Å². The van der Waals surface area contributed by atoms with Crippen LogP contribution in [0.2, 0.25) is 0 Å². The summed E-state index contributed by atoms with van der Waals surface area (Å²) in [6, 6.07) is 52.6. The highest BCUT2D eigenvalue weighted by Crippen LogP contribution is 2.65. The van der Waals surface area contributed by atoms with E-state index >= 15 is 0 Å². The summed E-state index contributed by atoms with van der Waals surface area (Å²) in [6.45, 7) is 6.66. The van der Waals surface area contributed by atoms with Crippen LogP contribution in [0.15, 0.2) is 206 Å². The van der Waals surface area contributed by atoms with E-state index in [1.807, 2.05) is 18.2 Å². The number of allylic oxidation sites excluding steroid dienone is 11. The molecule has 3 heteroatoms. The van der Waals surface area contributed by atoms with Crippen molar-refractivity contribution >= 4 is 32.7 Å². The van der Waals surface area contributed by atoms with Crippen LogP contribution in [0.25, 0.3) is 77.7 Å². The molecule has 1 spiro atoms. The molecule has 278 valence electrons. The second-order valence-electron chi connectivity index (χ2n) is 15.3. The number of nitrogens with zero attached hydrogens (tertiary/aromatic N) is 3. The Morgan fingerprint density at radius 3 is 2.02 bits per heavy atom. The quantitative estimate of drug-likeness (QED) is 0.159. The van der Waals surface area contributed by atoms with Crippen molar-refractivity contribution in [1.29, 1.82) is 0 Å². The van der Waals surface area contributed by atoms with Crippen LogP contribution >= 0.6 is 0 Å². The van der Waals surface area contributed by atoms with Gasteiger partial charge in [0.1, 0.15) is 0 Å². The van der Waals surface area contributed by atoms with E-state index in [4.69, 9.17) is 15.0 Å². The summed E-state index contributed by atoms with van der Waals surface area (Å²) in [5.41, 5.74) is 14.5. The standard InChI is InChI=1S/C56H39N3/c1-3-20-42-43-34-33-38(39-25-12-17-30-46(39)55-58-53(36-21-8-5-6-9-22-36)57-54(59-55)37-23-10-7-11-24-37)35-50(43)56(48(42)4-2)49-32-19-18-31-47(49)51-44-28-15-13-26-40(44)41-27-14-16-29-45(41)52(51)56/h3-8,10-35H,2,9H2,1H3/b20-3-. The molecule has 1 atom stereocenters. The molecule has 1 aromatic heterocycles. The minimum Gasteiger partial charge on any atom is -0.208 e. The first-order chi connectivity index (χ1) is 29.2. The van der Waals surface area contributed by atoms with Crippen LogP contribution in [-0.2, 0) is 5.41 Å². The molecule has 59 heavy (non-hydrogen) atoms. The van der Waals surface area contributed by atoms with Gasteiger partial charge in [0.05, 0.1) is 5.41 Å². The fourth-order valence-electron chi connectivity index (χ4n) is 9.91. The maximum absolute atomic E-state index is 5.21. The van der Waals surface area contributed by atoms with Crippen molar-refractivity contribution in [3.05, 3.63) is 234 Å². The van der Waals surface area contributed by atoms with Crippen molar-refractivity contribution in [2.45, 2.75) is 18.8 Å². The fraction of sp³-hybridized carbons (Fsp3) is 0.0536. The Bertz CT molecular complexity index is 3210. The second-order valence-corrected chi connectivity index (χ2v) is 15.3. The molecule has 0 N–H and O–H groups in total. The highest BCUT2D eigenvalue weighted by Gasteiger charge is 2.53. The first kappa shape index (κ1) is 34.7. The van der Waals surface area contributed by atoms with Gasteiger partial charge in [0.2, 0.25) is 0 Å². The van der Waals surface area contributed by atoms with Crippen molar-refractivity contribution in [3.8, 4) is 45.0 Å². The summed E-state index contributed by atoms with van der Waals surface area (Å²) in [4.78, 5) is 15.4. The summed E-state index contributed by atoms with van der Waals surface area (Å²) in [5, 5.41) is 5.06. The van der Waals surface area contributed by atoms with Crippen molar-refractivity contribution in [1.82, 2.24) is 15.0 Å². The van der Waals surface area contributed by atoms with Gasteiger partial charge in [-0.05, 0) is 96.6 Å². The molecule has 0 bridgehead atoms. The second kappa shape index (κ2) is 13.9. The third-order valence-corrected chi connectivity index (χ3v) is 12.3. The van der Waals surface area contributed by atoms with Gasteiger partial charge in [0, 0.05) is 16.7 Å². The largest absolute Gasteiger partial charge is 0.208 e. The molecule has 0 saturated carbocycles. The fourth-order valence-corrected chi connectivity index (χ4v) is 9.91. The van der Waals surface area contributed by atoms with E-state index in [0.29, 0.717) is 17.5 Å². The van der Waals surface area contributed by atoms with E-state index in [1.54, 1.807) is 0 Å². The van der Waals surface area contributed by atoms with Crippen molar-refractivity contribution in [2.75, 3.05) is 0 Å². The van der Waals surface area contributed by atoms with E-state index in [1.165, 1.54) is 66.1 Å². The zero-order valence-electron chi connectivity index (χ0n) is 32.7. The molecule has 0 aliphatic heterocycles. The van der Waals surface area contributed by atoms with Gasteiger partial charge in [-0.15, -0.1) is 0 Å². The molecular weight excluding hydrogens is 715 g/mol. The van der Waals surface area contributed by atoms with E-state index < -0.39 is 5.41 Å². The zero-order valence-corrected chi connectivity index (χ0v) is 32.7. The summed E-state index contributed by atoms with van der Waals surface area (Å²) >= 11 is 0. The smallest absolute Gasteiger partial charge is 0.164 e. The predicted molar refractivity (Wildman–Crippen MR) is 246 cm³/mol. The maximum atomic E-state index is 5.21. The molecule has 0 saturated heterocycles. The predicted octanol–water partition coefficient (Wildman–Crippen LogP) is 13.9. The lowest BCUT2D eigenvalue weighted by Gasteiger charge is -2.33. The average molecular weight is 754 g/mol. The summed E-state index contributed by atoms with van der Waals surface area (Å²) < 4.78 is 0. The van der Waals surface area contributed by atoms with Crippen molar-refractivity contribution in [2.24, 2.45) is 0 Å². The Morgan fingerprint density at radius 1 is 0.559 bits per heavy atom. The molecule has 0 amide bonds. The molecule has 1 unspecified atom stereocenters. The number of benzene rings is 7. The van der Waals surface area contributed by atoms with Gasteiger partial charge in [-0.25, -0.2) is 15.0 Å². The number of fused-ring (bicyclic) bond motifs is 12. The van der Waals surface area contributed by atoms with Gasteiger partial charge in [-0.2, -0.15) is 0 Å². The minimum absolute atomic E-state index is 0.612. The van der Waals surface area contributed by atoms with E-state index in [9.17, 15) is 0 Å². The third kappa shape index (κ3) is 5.18. The van der Waals surface area contributed by atoms with Crippen LogP contribution in [0, 0.1) is 0 Å². The minimum atomic E-state index is -0.612. The van der Waals surface area contributed by atoms with E-state index in [-0.39, 0.29) is 0 Å². The summed E-state index contributed by atoms with van der Waals surface area (Å²) in [6.07, 6.45) is 17.9. The Balaban J connectivity index is 1.20. The first-order valence-electron chi connectivity index (χ1n) is 20.3. The molecule has 3 nitrogen and oxygen atoms in total. The third-order valence-electron chi connectivity index (χ3n) is 12.3. The molecule has 1 heterocycles. The molecule has 0 radical (unpaired) electrons. The number of hydrogen-bond donors (Lipinski definition) is 0. The van der Waals surface area contributed by atoms with Crippen LogP contribution < -0.4 is 0 Å². The number of aromatic nitrogens is 3. The monoisotopic (exact) mass is 753 g/mol. The highest BCUT2D eigenvalue weighted by molar-refractivity contribution is 6.20. The highest BCUT2D eigenvalue weighted by atomic mass is 15.0. The van der Waals surface area contributed by atoms with Gasteiger partial charge in [0.15, 0.2) is 17.5 Å². The first-order valence-corrected chi connectivity index (χ1v) is 20.3. The van der Waals surface area contributed by atoms with Crippen LogP contribution in [0.1, 0.15) is 41.4 Å². The lowest BCUT2D eigenvalue weighted by molar-refractivity contribution is 0.795. The summed E-state index contributed by atoms with van der Waals surface area (Å²) in [5.74, 6) is 1.94. The molecule has 3 aliphatic carbocycles. The Morgan fingerprint density at radius 2 is 1.22 bits per heavy atom. The molecular formula is C56H39N3. The molecule has 0 fully saturated rings. The molecule has 3 aliphatic rings. The van der Waals surface area contributed by atoms with Gasteiger partial charge in [0.25, 0.3) is 0 Å². The van der Waals surface area contributed by atoms with Crippen LogP contribution in [0.3, 0.4) is 0 Å². The molecule has 7 aromatic carbocycles. The lowest BCUT2D eigenvalue weighted by Crippen LogP contribution is -2.27. The van der Waals surface area contributed by atoms with Crippen molar-refractivity contribution in [3.63, 3.8) is 0 Å². The van der Waals surface area contributed by atoms with E-state index in [0.717, 1.165) is 34.2 Å². The Kier molecular flexibility index (Phi) is 8.16. The van der Waals surface area contributed by atoms with Crippen LogP contribution in [0.5, 0.6) is 0 Å². The van der Waals surface area contributed by atoms with Gasteiger partial charge in [-0.1, -0.05) is 195 Å².